The number of piperazine rings is 2. The zero-order valence-electron chi connectivity index (χ0n) is 36.8. The van der Waals surface area contributed by atoms with Crippen molar-refractivity contribution in [2.75, 3.05) is 88.4 Å². The van der Waals surface area contributed by atoms with Gasteiger partial charge in [-0.2, -0.15) is 0 Å². The molecule has 66 heavy (non-hydrogen) atoms. The number of carboxylic acids is 2. The molecule has 6 N–H and O–H groups in total. The number of nitrogens with zero attached hydrogens (tertiary/aromatic N) is 6. The molecule has 0 radical (unpaired) electrons. The van der Waals surface area contributed by atoms with Gasteiger partial charge >= 0.3 is 11.9 Å². The number of ether oxygens (including phenoxy) is 1. The molecule has 0 bridgehead atoms. The molecule has 2 aromatic heterocycles. The summed E-state index contributed by atoms with van der Waals surface area (Å²) in [7, 11) is 0. The Labute approximate surface area is 383 Å². The number of pyridine rings is 2. The summed E-state index contributed by atoms with van der Waals surface area (Å²) in [6.45, 7) is 9.57. The monoisotopic (exact) mass is 904 g/mol. The van der Waals surface area contributed by atoms with Crippen molar-refractivity contribution >= 4 is 45.1 Å². The van der Waals surface area contributed by atoms with Crippen molar-refractivity contribution in [2.45, 2.75) is 37.1 Å². The number of hydrogen-bond donors (Lipinski definition) is 5. The first-order valence-electron chi connectivity index (χ1n) is 22.3. The molecule has 3 aliphatic heterocycles. The lowest BCUT2D eigenvalue weighted by Crippen LogP contribution is -2.50. The van der Waals surface area contributed by atoms with E-state index in [4.69, 9.17) is 15.6 Å². The Morgan fingerprint density at radius 1 is 0.682 bits per heavy atom. The summed E-state index contributed by atoms with van der Waals surface area (Å²) in [5.41, 5.74) is 7.36. The summed E-state index contributed by atoms with van der Waals surface area (Å²) in [6, 6.07) is 31.3. The minimum Gasteiger partial charge on any atom is -0.481 e. The zero-order valence-corrected chi connectivity index (χ0v) is 36.8. The number of nitrogens with two attached hydrogens (primary N) is 1. The average molecular weight is 905 g/mol. The molecule has 4 aromatic carbocycles. The molecule has 3 fully saturated rings. The molecule has 3 aliphatic rings. The molecule has 0 spiro atoms. The molecule has 0 aliphatic carbocycles. The number of rotatable bonds is 15. The molecule has 14 nitrogen and oxygen atoms in total. The number of aliphatic carboxylic acids is 2. The van der Waals surface area contributed by atoms with Crippen molar-refractivity contribution < 1.29 is 38.4 Å². The molecule has 4 atom stereocenters. The molecular weight excluding hydrogens is 847 g/mol. The second-order valence-corrected chi connectivity index (χ2v) is 16.8. The maximum Gasteiger partial charge on any atom is 0.305 e. The van der Waals surface area contributed by atoms with Gasteiger partial charge in [-0.15, -0.1) is 0 Å². The van der Waals surface area contributed by atoms with Crippen molar-refractivity contribution in [2.24, 2.45) is 5.73 Å². The summed E-state index contributed by atoms with van der Waals surface area (Å²) in [6.07, 6.45) is 3.30. The summed E-state index contributed by atoms with van der Waals surface area (Å²) >= 11 is 0. The number of fused-ring (bicyclic) bond motifs is 2. The Kier molecular flexibility index (Phi) is 16.9. The van der Waals surface area contributed by atoms with Gasteiger partial charge in [-0.25, -0.2) is 18.7 Å². The number of aliphatic hydroxyl groups is 1. The number of carboxylic acid groups (broad SMARTS) is 2. The van der Waals surface area contributed by atoms with E-state index >= 15 is 0 Å². The van der Waals surface area contributed by atoms with Crippen molar-refractivity contribution in [3.63, 3.8) is 0 Å². The predicted molar refractivity (Wildman–Crippen MR) is 252 cm³/mol. The zero-order chi connectivity index (χ0) is 46.4. The second kappa shape index (κ2) is 23.4. The quantitative estimate of drug-likeness (QED) is 0.0789. The Morgan fingerprint density at radius 2 is 1.17 bits per heavy atom. The predicted octanol–water partition coefficient (Wildman–Crippen LogP) is 5.72. The van der Waals surface area contributed by atoms with Crippen molar-refractivity contribution in [1.29, 1.82) is 0 Å². The summed E-state index contributed by atoms with van der Waals surface area (Å²) < 4.78 is 32.6. The number of halogens is 2. The molecule has 9 rings (SSSR count). The van der Waals surface area contributed by atoms with E-state index in [1.165, 1.54) is 18.2 Å². The lowest BCUT2D eigenvalue weighted by atomic mass is 10.0. The van der Waals surface area contributed by atoms with Crippen LogP contribution in [0.5, 0.6) is 0 Å². The normalized spacial score (nSPS) is 17.8. The fourth-order valence-electron chi connectivity index (χ4n) is 8.32. The lowest BCUT2D eigenvalue weighted by Gasteiger charge is -2.36. The highest BCUT2D eigenvalue weighted by molar-refractivity contribution is 5.93. The van der Waals surface area contributed by atoms with E-state index in [0.717, 1.165) is 110 Å². The van der Waals surface area contributed by atoms with Gasteiger partial charge in [-0.1, -0.05) is 72.8 Å². The number of nitrogens with one attached hydrogen (secondary N) is 1. The minimum atomic E-state index is -0.885. The van der Waals surface area contributed by atoms with Gasteiger partial charge in [0.1, 0.15) is 23.3 Å². The van der Waals surface area contributed by atoms with Crippen LogP contribution in [0.2, 0.25) is 0 Å². The van der Waals surface area contributed by atoms with Crippen molar-refractivity contribution in [1.82, 2.24) is 25.1 Å². The number of anilines is 2. The van der Waals surface area contributed by atoms with Gasteiger partial charge in [0.15, 0.2) is 0 Å². The molecule has 3 saturated heterocycles. The highest BCUT2D eigenvalue weighted by atomic mass is 19.1. The molecule has 348 valence electrons. The SMILES string of the molecule is Fc1ccc2ccnc(N3CCN(CC4CO4)CC3)c2c1.N[C@H](CC(=O)O)c1ccccc1.O=C(O)C[C@@H](NC[C@@H](O)CN1CCN(c2nccc3ccc(F)cc23)CC1)c1ccccc1. The molecule has 6 aromatic rings. The first-order chi connectivity index (χ1) is 32.0. The molecule has 0 saturated carbocycles. The van der Waals surface area contributed by atoms with E-state index < -0.39 is 24.1 Å². The minimum absolute atomic E-state index is 0.0238. The number of carbonyl (C=O) groups is 2. The van der Waals surface area contributed by atoms with Crippen LogP contribution in [-0.2, 0) is 14.3 Å². The standard InChI is InChI=1S/C25H29FN4O3.C16H18FN3O.C9H11NO2/c26-20-7-6-18-8-9-27-25(22(18)14-20)30-12-10-29(11-13-30)17-21(31)16-28-23(15-24(32)33)19-4-2-1-3-5-19;17-13-2-1-12-3-4-18-16(15(12)9-13)20-7-5-19(6-8-20)10-14-11-21-14;10-8(6-9(11)12)7-4-2-1-3-5-7/h1-9,14,21,23,28,31H,10-13,15-17H2,(H,32,33);1-4,9,14H,5-8,10-11H2;1-5,8H,6,10H2,(H,11,12)/t21-,23-;;8-/m1.1/s1. The van der Waals surface area contributed by atoms with Crippen LogP contribution in [0.1, 0.15) is 36.1 Å². The van der Waals surface area contributed by atoms with Gasteiger partial charge in [0, 0.05) is 107 Å². The first kappa shape index (κ1) is 47.8. The third kappa shape index (κ3) is 13.9. The Hall–Kier alpha value is -6.14. The van der Waals surface area contributed by atoms with Gasteiger partial charge in [0.25, 0.3) is 0 Å². The van der Waals surface area contributed by atoms with Gasteiger partial charge < -0.3 is 40.9 Å². The maximum absolute atomic E-state index is 13.8. The molecule has 1 unspecified atom stereocenters. The van der Waals surface area contributed by atoms with E-state index in [1.54, 1.807) is 24.5 Å². The van der Waals surface area contributed by atoms with Gasteiger partial charge in [0.05, 0.1) is 31.7 Å². The fourth-order valence-corrected chi connectivity index (χ4v) is 8.32. The third-order valence-corrected chi connectivity index (χ3v) is 11.9. The summed E-state index contributed by atoms with van der Waals surface area (Å²) in [4.78, 5) is 39.6. The smallest absolute Gasteiger partial charge is 0.305 e. The van der Waals surface area contributed by atoms with Crippen LogP contribution < -0.4 is 20.9 Å². The van der Waals surface area contributed by atoms with Crippen molar-refractivity contribution in [3.05, 3.63) is 144 Å². The number of aliphatic hydroxyl groups excluding tert-OH is 1. The molecular formula is C50H58F2N8O6. The Morgan fingerprint density at radius 3 is 1.65 bits per heavy atom. The summed E-state index contributed by atoms with van der Waals surface area (Å²) in [5.74, 6) is -0.554. The van der Waals surface area contributed by atoms with Crippen LogP contribution >= 0.6 is 0 Å². The second-order valence-electron chi connectivity index (χ2n) is 16.8. The molecule has 5 heterocycles. The van der Waals surface area contributed by atoms with E-state index in [0.29, 0.717) is 19.2 Å². The van der Waals surface area contributed by atoms with Crippen LogP contribution in [0, 0.1) is 11.6 Å². The topological polar surface area (TPSA) is 184 Å². The number of hydrogen-bond acceptors (Lipinski definition) is 12. The third-order valence-electron chi connectivity index (χ3n) is 11.9. The van der Waals surface area contributed by atoms with Gasteiger partial charge in [0.2, 0.25) is 0 Å². The number of β-amino-alcohol motifs (C(OH)–C–C–N with tert-alkyl or cyclic N) is 1. The van der Waals surface area contributed by atoms with E-state index in [2.05, 4.69) is 34.9 Å². The maximum atomic E-state index is 13.8. The average Bonchev–Trinajstić information content (AvgIpc) is 4.15. The highest BCUT2D eigenvalue weighted by Gasteiger charge is 2.28. The van der Waals surface area contributed by atoms with Crippen LogP contribution in [0.15, 0.2) is 122 Å². The van der Waals surface area contributed by atoms with Crippen LogP contribution in [0.25, 0.3) is 21.5 Å². The molecule has 16 heteroatoms. The summed E-state index contributed by atoms with van der Waals surface area (Å²) in [5, 5.41) is 35.2. The highest BCUT2D eigenvalue weighted by Crippen LogP contribution is 2.28. The Bertz CT molecular complexity index is 2490. The van der Waals surface area contributed by atoms with Crippen molar-refractivity contribution in [3.8, 4) is 0 Å². The van der Waals surface area contributed by atoms with E-state index in [9.17, 15) is 28.6 Å². The van der Waals surface area contributed by atoms with Gasteiger partial charge in [-0.3, -0.25) is 19.4 Å². The van der Waals surface area contributed by atoms with Crippen LogP contribution in [-0.4, -0.2) is 138 Å². The van der Waals surface area contributed by atoms with E-state index in [1.807, 2.05) is 78.9 Å². The Balaban J connectivity index is 0.000000166. The molecule has 0 amide bonds. The number of epoxide rings is 1. The lowest BCUT2D eigenvalue weighted by molar-refractivity contribution is -0.138. The van der Waals surface area contributed by atoms with Gasteiger partial charge in [-0.05, 0) is 58.3 Å². The van der Waals surface area contributed by atoms with Crippen LogP contribution in [0.3, 0.4) is 0 Å². The van der Waals surface area contributed by atoms with E-state index in [-0.39, 0.29) is 30.5 Å². The number of benzene rings is 4. The first-order valence-corrected chi connectivity index (χ1v) is 22.3. The fraction of sp³-hybridized carbons (Fsp3) is 0.360. The van der Waals surface area contributed by atoms with Crippen LogP contribution in [0.4, 0.5) is 20.4 Å². The largest absolute Gasteiger partial charge is 0.481 e. The number of aromatic nitrogens is 2.